The Hall–Kier alpha value is -1.28. The maximum atomic E-state index is 3.40. The minimum absolute atomic E-state index is 0.676. The van der Waals surface area contributed by atoms with E-state index in [1.807, 2.05) is 0 Å². The highest BCUT2D eigenvalue weighted by atomic mass is 15.0. The van der Waals surface area contributed by atoms with E-state index in [2.05, 4.69) is 62.7 Å². The largest absolute Gasteiger partial charge is 0.344 e. The summed E-state index contributed by atoms with van der Waals surface area (Å²) in [7, 11) is 0. The summed E-state index contributed by atoms with van der Waals surface area (Å²) in [5.41, 5.74) is 5.58. The second-order valence-corrected chi connectivity index (χ2v) is 5.85. The Morgan fingerprint density at radius 3 is 2.58 bits per heavy atom. The Balaban J connectivity index is 2.46. The molecule has 0 bridgehead atoms. The van der Waals surface area contributed by atoms with Crippen molar-refractivity contribution in [2.75, 3.05) is 6.54 Å². The fraction of sp³-hybridized carbons (Fsp3) is 0.529. The van der Waals surface area contributed by atoms with Gasteiger partial charge in [-0.3, -0.25) is 0 Å². The predicted molar refractivity (Wildman–Crippen MR) is 83.6 cm³/mol. The van der Waals surface area contributed by atoms with E-state index in [0.29, 0.717) is 5.92 Å². The molecule has 104 valence electrons. The highest BCUT2D eigenvalue weighted by molar-refractivity contribution is 5.86. The van der Waals surface area contributed by atoms with Gasteiger partial charge in [-0.1, -0.05) is 26.8 Å². The smallest absolute Gasteiger partial charge is 0.0485 e. The van der Waals surface area contributed by atoms with Crippen LogP contribution < -0.4 is 5.32 Å². The van der Waals surface area contributed by atoms with E-state index >= 15 is 0 Å². The lowest BCUT2D eigenvalue weighted by molar-refractivity contribution is 0.527. The van der Waals surface area contributed by atoms with Crippen LogP contribution in [0.1, 0.15) is 37.6 Å². The van der Waals surface area contributed by atoms with Gasteiger partial charge in [0.25, 0.3) is 0 Å². The van der Waals surface area contributed by atoms with Crippen LogP contribution in [0, 0.1) is 19.8 Å². The minimum Gasteiger partial charge on any atom is -0.344 e. The Morgan fingerprint density at radius 2 is 1.95 bits per heavy atom. The number of aromatic nitrogens is 1. The molecule has 1 aromatic carbocycles. The summed E-state index contributed by atoms with van der Waals surface area (Å²) in [5, 5.41) is 4.81. The van der Waals surface area contributed by atoms with Crippen LogP contribution in [0.3, 0.4) is 0 Å². The van der Waals surface area contributed by atoms with Gasteiger partial charge < -0.3 is 9.88 Å². The maximum Gasteiger partial charge on any atom is 0.0485 e. The molecule has 1 heterocycles. The van der Waals surface area contributed by atoms with E-state index in [9.17, 15) is 0 Å². The van der Waals surface area contributed by atoms with E-state index in [4.69, 9.17) is 0 Å². The van der Waals surface area contributed by atoms with Crippen molar-refractivity contribution in [2.45, 2.75) is 47.7 Å². The second kappa shape index (κ2) is 5.79. The van der Waals surface area contributed by atoms with Crippen LogP contribution in [0.4, 0.5) is 0 Å². The average Bonchev–Trinajstić information content (AvgIpc) is 2.61. The van der Waals surface area contributed by atoms with Crippen LogP contribution in [0.2, 0.25) is 0 Å². The lowest BCUT2D eigenvalue weighted by Gasteiger charge is -2.11. The SMILES string of the molecule is CCNCc1ccc2c(c1)c(C)c(C)n2CC(C)C. The Labute approximate surface area is 116 Å². The van der Waals surface area contributed by atoms with E-state index in [-0.39, 0.29) is 0 Å². The monoisotopic (exact) mass is 258 g/mol. The van der Waals surface area contributed by atoms with Crippen LogP contribution in [0.5, 0.6) is 0 Å². The molecular formula is C17H26N2. The number of rotatable bonds is 5. The molecule has 2 nitrogen and oxygen atoms in total. The highest BCUT2D eigenvalue weighted by Crippen LogP contribution is 2.27. The van der Waals surface area contributed by atoms with E-state index in [0.717, 1.165) is 19.6 Å². The molecule has 0 saturated carbocycles. The van der Waals surface area contributed by atoms with Gasteiger partial charge in [0.1, 0.15) is 0 Å². The first-order valence-corrected chi connectivity index (χ1v) is 7.33. The molecule has 0 fully saturated rings. The summed E-state index contributed by atoms with van der Waals surface area (Å²) >= 11 is 0. The topological polar surface area (TPSA) is 17.0 Å². The summed E-state index contributed by atoms with van der Waals surface area (Å²) < 4.78 is 2.46. The molecule has 0 saturated heterocycles. The molecule has 0 radical (unpaired) electrons. The third-order valence-electron chi connectivity index (χ3n) is 3.83. The maximum absolute atomic E-state index is 3.40. The number of nitrogens with zero attached hydrogens (tertiary/aromatic N) is 1. The first-order valence-electron chi connectivity index (χ1n) is 7.33. The van der Waals surface area contributed by atoms with Crippen molar-refractivity contribution < 1.29 is 0 Å². The third kappa shape index (κ3) is 2.84. The van der Waals surface area contributed by atoms with Crippen molar-refractivity contribution in [1.29, 1.82) is 0 Å². The molecule has 0 aliphatic carbocycles. The van der Waals surface area contributed by atoms with E-state index < -0.39 is 0 Å². The molecule has 0 atom stereocenters. The van der Waals surface area contributed by atoms with E-state index in [1.165, 1.54) is 27.7 Å². The lowest BCUT2D eigenvalue weighted by atomic mass is 10.1. The van der Waals surface area contributed by atoms with Crippen molar-refractivity contribution in [2.24, 2.45) is 5.92 Å². The molecule has 0 aliphatic heterocycles. The molecule has 0 amide bonds. The molecule has 0 spiro atoms. The van der Waals surface area contributed by atoms with Gasteiger partial charge in [-0.15, -0.1) is 0 Å². The van der Waals surface area contributed by atoms with Crippen LogP contribution in [-0.4, -0.2) is 11.1 Å². The number of hydrogen-bond donors (Lipinski definition) is 1. The number of nitrogens with one attached hydrogen (secondary N) is 1. The number of aryl methyl sites for hydroxylation is 1. The summed E-state index contributed by atoms with van der Waals surface area (Å²) in [6.07, 6.45) is 0. The van der Waals surface area contributed by atoms with Crippen molar-refractivity contribution >= 4 is 10.9 Å². The summed E-state index contributed by atoms with van der Waals surface area (Å²) in [5.74, 6) is 0.676. The zero-order chi connectivity index (χ0) is 14.0. The summed E-state index contributed by atoms with van der Waals surface area (Å²) in [4.78, 5) is 0. The van der Waals surface area contributed by atoms with Gasteiger partial charge >= 0.3 is 0 Å². The normalized spacial score (nSPS) is 11.7. The lowest BCUT2D eigenvalue weighted by Crippen LogP contribution is -2.11. The van der Waals surface area contributed by atoms with Gasteiger partial charge in [0.2, 0.25) is 0 Å². The summed E-state index contributed by atoms with van der Waals surface area (Å²) in [6, 6.07) is 6.88. The fourth-order valence-corrected chi connectivity index (χ4v) is 2.68. The van der Waals surface area contributed by atoms with Gasteiger partial charge in [-0.05, 0) is 49.6 Å². The Bertz CT molecular complexity index is 564. The second-order valence-electron chi connectivity index (χ2n) is 5.85. The molecule has 1 aromatic heterocycles. The molecule has 0 unspecified atom stereocenters. The van der Waals surface area contributed by atoms with Crippen LogP contribution in [0.15, 0.2) is 18.2 Å². The predicted octanol–water partition coefficient (Wildman–Crippen LogP) is 4.02. The number of fused-ring (bicyclic) bond motifs is 1. The van der Waals surface area contributed by atoms with Crippen molar-refractivity contribution in [3.63, 3.8) is 0 Å². The highest BCUT2D eigenvalue weighted by Gasteiger charge is 2.12. The molecule has 2 heteroatoms. The van der Waals surface area contributed by atoms with Crippen LogP contribution in [0.25, 0.3) is 10.9 Å². The number of hydrogen-bond acceptors (Lipinski definition) is 1. The van der Waals surface area contributed by atoms with Gasteiger partial charge in [-0.2, -0.15) is 0 Å². The van der Waals surface area contributed by atoms with Crippen molar-refractivity contribution in [3.8, 4) is 0 Å². The van der Waals surface area contributed by atoms with Gasteiger partial charge in [0.05, 0.1) is 0 Å². The molecule has 0 aliphatic rings. The standard InChI is InChI=1S/C17H26N2/c1-6-18-10-15-7-8-17-16(9-15)13(4)14(5)19(17)11-12(2)3/h7-9,12,18H,6,10-11H2,1-5H3. The number of benzene rings is 1. The van der Waals surface area contributed by atoms with Crippen molar-refractivity contribution in [3.05, 3.63) is 35.0 Å². The summed E-state index contributed by atoms with van der Waals surface area (Å²) in [6.45, 7) is 14.3. The van der Waals surface area contributed by atoms with Crippen LogP contribution in [-0.2, 0) is 13.1 Å². The molecular weight excluding hydrogens is 232 g/mol. The minimum atomic E-state index is 0.676. The van der Waals surface area contributed by atoms with Crippen LogP contribution >= 0.6 is 0 Å². The van der Waals surface area contributed by atoms with Gasteiger partial charge in [0, 0.05) is 29.7 Å². The zero-order valence-corrected chi connectivity index (χ0v) is 12.9. The Morgan fingerprint density at radius 1 is 1.21 bits per heavy atom. The quantitative estimate of drug-likeness (QED) is 0.857. The van der Waals surface area contributed by atoms with E-state index in [1.54, 1.807) is 0 Å². The molecule has 2 rings (SSSR count). The zero-order valence-electron chi connectivity index (χ0n) is 12.9. The molecule has 2 aromatic rings. The Kier molecular flexibility index (Phi) is 4.31. The fourth-order valence-electron chi connectivity index (χ4n) is 2.68. The molecule has 19 heavy (non-hydrogen) atoms. The first kappa shape index (κ1) is 14.1. The van der Waals surface area contributed by atoms with Gasteiger partial charge in [-0.25, -0.2) is 0 Å². The first-order chi connectivity index (χ1) is 9.04. The van der Waals surface area contributed by atoms with Gasteiger partial charge in [0.15, 0.2) is 0 Å². The average molecular weight is 258 g/mol. The molecule has 1 N–H and O–H groups in total. The van der Waals surface area contributed by atoms with Crippen molar-refractivity contribution in [1.82, 2.24) is 9.88 Å². The third-order valence-corrected chi connectivity index (χ3v) is 3.83.